The van der Waals surface area contributed by atoms with E-state index in [0.717, 1.165) is 16.6 Å². The number of fused-ring (bicyclic) bond motifs is 1. The summed E-state index contributed by atoms with van der Waals surface area (Å²) in [7, 11) is 1.60. The number of para-hydroxylation sites is 1. The maximum Gasteiger partial charge on any atom is 0.243 e. The van der Waals surface area contributed by atoms with Gasteiger partial charge in [-0.2, -0.15) is 0 Å². The summed E-state index contributed by atoms with van der Waals surface area (Å²) >= 11 is 0. The van der Waals surface area contributed by atoms with Gasteiger partial charge < -0.3 is 20.3 Å². The third-order valence-corrected chi connectivity index (χ3v) is 5.54. The minimum absolute atomic E-state index is 0.0905. The number of ether oxygens (including phenoxy) is 1. The minimum atomic E-state index is -0.402. The molecule has 1 aromatic carbocycles. The summed E-state index contributed by atoms with van der Waals surface area (Å²) in [6.45, 7) is 1.77. The van der Waals surface area contributed by atoms with Gasteiger partial charge in [-0.1, -0.05) is 18.2 Å². The summed E-state index contributed by atoms with van der Waals surface area (Å²) in [6.07, 6.45) is 6.78. The Morgan fingerprint density at radius 2 is 1.91 bits per heavy atom. The Hall–Kier alpha value is -4.11. The first-order valence-corrected chi connectivity index (χ1v) is 10.7. The molecule has 0 saturated carbocycles. The molecule has 5 rings (SSSR count). The van der Waals surface area contributed by atoms with Gasteiger partial charge in [-0.25, -0.2) is 9.97 Å². The van der Waals surface area contributed by atoms with Gasteiger partial charge in [-0.05, 0) is 24.3 Å². The Kier molecular flexibility index (Phi) is 5.77. The highest BCUT2D eigenvalue weighted by Gasteiger charge is 2.28. The van der Waals surface area contributed by atoms with E-state index in [1.165, 1.54) is 0 Å². The molecule has 166 valence electrons. The molecule has 1 saturated heterocycles. The smallest absolute Gasteiger partial charge is 0.243 e. The minimum Gasteiger partial charge on any atom is -0.494 e. The van der Waals surface area contributed by atoms with Crippen molar-refractivity contribution in [1.82, 2.24) is 25.3 Å². The van der Waals surface area contributed by atoms with E-state index in [2.05, 4.69) is 25.5 Å². The average Bonchev–Trinajstić information content (AvgIpc) is 2.88. The molecule has 0 spiro atoms. The number of carbonyl (C=O) groups is 1. The zero-order valence-corrected chi connectivity index (χ0v) is 18.1. The number of nitrogens with one attached hydrogen (secondary N) is 2. The average molecular weight is 441 g/mol. The van der Waals surface area contributed by atoms with Crippen LogP contribution in [0.4, 0.5) is 11.5 Å². The van der Waals surface area contributed by atoms with Crippen molar-refractivity contribution >= 4 is 28.3 Å². The molecule has 3 aromatic heterocycles. The number of methoxy groups -OCH3 is 1. The lowest BCUT2D eigenvalue weighted by atomic mass is 10.1. The van der Waals surface area contributed by atoms with Gasteiger partial charge in [-0.15, -0.1) is 0 Å². The number of anilines is 2. The van der Waals surface area contributed by atoms with Crippen LogP contribution >= 0.6 is 0 Å². The quantitative estimate of drug-likeness (QED) is 0.487. The number of benzene rings is 1. The maximum atomic E-state index is 12.9. The second-order valence-electron chi connectivity index (χ2n) is 7.65. The summed E-state index contributed by atoms with van der Waals surface area (Å²) in [5.41, 5.74) is 2.29. The Labute approximate surface area is 190 Å². The van der Waals surface area contributed by atoms with E-state index < -0.39 is 6.04 Å². The van der Waals surface area contributed by atoms with Crippen LogP contribution in [0.2, 0.25) is 0 Å². The number of rotatable bonds is 5. The van der Waals surface area contributed by atoms with Gasteiger partial charge in [0.2, 0.25) is 5.91 Å². The first-order valence-electron chi connectivity index (χ1n) is 10.7. The molecule has 4 heterocycles. The number of carbonyl (C=O) groups excluding carboxylic acids is 1. The summed E-state index contributed by atoms with van der Waals surface area (Å²) in [6, 6.07) is 12.8. The Balaban J connectivity index is 1.51. The number of piperazine rings is 1. The van der Waals surface area contributed by atoms with Gasteiger partial charge >= 0.3 is 0 Å². The molecule has 9 nitrogen and oxygen atoms in total. The summed E-state index contributed by atoms with van der Waals surface area (Å²) in [5.74, 6) is 1.78. The zero-order chi connectivity index (χ0) is 22.6. The highest BCUT2D eigenvalue weighted by Crippen LogP contribution is 2.34. The van der Waals surface area contributed by atoms with Gasteiger partial charge in [0.15, 0.2) is 5.82 Å². The van der Waals surface area contributed by atoms with Gasteiger partial charge in [0, 0.05) is 43.3 Å². The van der Waals surface area contributed by atoms with Crippen LogP contribution in [-0.4, -0.2) is 58.6 Å². The van der Waals surface area contributed by atoms with Crippen LogP contribution in [0.3, 0.4) is 0 Å². The Bertz CT molecular complexity index is 1270. The van der Waals surface area contributed by atoms with Crippen molar-refractivity contribution < 1.29 is 9.53 Å². The van der Waals surface area contributed by atoms with Crippen LogP contribution < -0.4 is 20.3 Å². The summed E-state index contributed by atoms with van der Waals surface area (Å²) < 4.78 is 5.58. The van der Waals surface area contributed by atoms with Gasteiger partial charge in [0.1, 0.15) is 17.6 Å². The van der Waals surface area contributed by atoms with E-state index in [1.54, 1.807) is 31.9 Å². The first kappa shape index (κ1) is 20.8. The van der Waals surface area contributed by atoms with Crippen molar-refractivity contribution in [3.8, 4) is 17.1 Å². The van der Waals surface area contributed by atoms with Crippen LogP contribution in [0.1, 0.15) is 0 Å². The lowest BCUT2D eigenvalue weighted by Gasteiger charge is -2.34. The topological polar surface area (TPSA) is 105 Å². The summed E-state index contributed by atoms with van der Waals surface area (Å²) in [4.78, 5) is 33.0. The van der Waals surface area contributed by atoms with Crippen LogP contribution in [0.15, 0.2) is 67.3 Å². The number of hydrogen-bond acceptors (Lipinski definition) is 8. The molecule has 1 aliphatic heterocycles. The van der Waals surface area contributed by atoms with Crippen LogP contribution in [0.25, 0.3) is 22.3 Å². The second-order valence-corrected chi connectivity index (χ2v) is 7.65. The highest BCUT2D eigenvalue weighted by molar-refractivity contribution is 5.97. The maximum absolute atomic E-state index is 12.9. The van der Waals surface area contributed by atoms with E-state index in [0.29, 0.717) is 42.5 Å². The van der Waals surface area contributed by atoms with Gasteiger partial charge in [0.05, 0.1) is 30.4 Å². The molecule has 1 unspecified atom stereocenters. The number of hydrogen-bond donors (Lipinski definition) is 2. The molecule has 4 aromatic rings. The molecule has 1 aliphatic rings. The SMILES string of the molecule is COc1cncc2nc(-c3ccncc3)nc(N3CCNC(C(=O)Nc4ccccc4)C3)c12. The first-order chi connectivity index (χ1) is 16.2. The zero-order valence-electron chi connectivity index (χ0n) is 18.1. The standard InChI is InChI=1S/C24H23N7O2/c1-33-20-14-26-13-18-21(20)23(30-22(29-18)16-7-9-25-10-8-16)31-12-11-27-19(15-31)24(32)28-17-5-3-2-4-6-17/h2-10,13-14,19,27H,11-12,15H2,1H3,(H,28,32). The lowest BCUT2D eigenvalue weighted by Crippen LogP contribution is -2.56. The molecule has 0 radical (unpaired) electrons. The molecule has 1 amide bonds. The second kappa shape index (κ2) is 9.17. The number of nitrogens with zero attached hydrogens (tertiary/aromatic N) is 5. The van der Waals surface area contributed by atoms with Gasteiger partial charge in [-0.3, -0.25) is 14.8 Å². The Morgan fingerprint density at radius 3 is 2.70 bits per heavy atom. The van der Waals surface area contributed by atoms with Crippen molar-refractivity contribution in [3.63, 3.8) is 0 Å². The van der Waals surface area contributed by atoms with Crippen LogP contribution in [-0.2, 0) is 4.79 Å². The fourth-order valence-electron chi connectivity index (χ4n) is 3.92. The number of pyridine rings is 2. The molecular formula is C24H23N7O2. The van der Waals surface area contributed by atoms with Crippen molar-refractivity contribution in [2.24, 2.45) is 0 Å². The summed E-state index contributed by atoms with van der Waals surface area (Å²) in [5, 5.41) is 7.06. The van der Waals surface area contributed by atoms with Gasteiger partial charge in [0.25, 0.3) is 0 Å². The van der Waals surface area contributed by atoms with E-state index in [1.807, 2.05) is 42.5 Å². The van der Waals surface area contributed by atoms with Crippen molar-refractivity contribution in [2.75, 3.05) is 37.0 Å². The fourth-order valence-corrected chi connectivity index (χ4v) is 3.92. The molecule has 0 aliphatic carbocycles. The van der Waals surface area contributed by atoms with E-state index >= 15 is 0 Å². The molecule has 0 bridgehead atoms. The highest BCUT2D eigenvalue weighted by atomic mass is 16.5. The molecule has 9 heteroatoms. The number of amides is 1. The fraction of sp³-hybridized carbons (Fsp3) is 0.208. The van der Waals surface area contributed by atoms with Crippen LogP contribution in [0.5, 0.6) is 5.75 Å². The molecule has 1 fully saturated rings. The predicted octanol–water partition coefficient (Wildman–Crippen LogP) is 2.51. The third kappa shape index (κ3) is 4.31. The third-order valence-electron chi connectivity index (χ3n) is 5.54. The van der Waals surface area contributed by atoms with E-state index in [-0.39, 0.29) is 5.91 Å². The van der Waals surface area contributed by atoms with Crippen molar-refractivity contribution in [1.29, 1.82) is 0 Å². The molecule has 33 heavy (non-hydrogen) atoms. The molecular weight excluding hydrogens is 418 g/mol. The Morgan fingerprint density at radius 1 is 1.09 bits per heavy atom. The van der Waals surface area contributed by atoms with E-state index in [9.17, 15) is 4.79 Å². The van der Waals surface area contributed by atoms with Crippen molar-refractivity contribution in [2.45, 2.75) is 6.04 Å². The van der Waals surface area contributed by atoms with E-state index in [4.69, 9.17) is 14.7 Å². The normalized spacial score (nSPS) is 15.9. The monoisotopic (exact) mass is 441 g/mol. The van der Waals surface area contributed by atoms with Crippen LogP contribution in [0, 0.1) is 0 Å². The number of aromatic nitrogens is 4. The lowest BCUT2D eigenvalue weighted by molar-refractivity contribution is -0.118. The molecule has 2 N–H and O–H groups in total. The van der Waals surface area contributed by atoms with Crippen molar-refractivity contribution in [3.05, 3.63) is 67.3 Å². The molecule has 1 atom stereocenters. The predicted molar refractivity (Wildman–Crippen MR) is 126 cm³/mol. The largest absolute Gasteiger partial charge is 0.494 e.